The molecule has 0 radical (unpaired) electrons. The average molecular weight is 342 g/mol. The molecule has 2 rings (SSSR count). The van der Waals surface area contributed by atoms with E-state index in [2.05, 4.69) is 26.2 Å². The van der Waals surface area contributed by atoms with Crippen molar-refractivity contribution in [2.45, 2.75) is 26.6 Å². The Morgan fingerprint density at radius 1 is 1.50 bits per heavy atom. The first kappa shape index (κ1) is 14.9. The molecule has 0 aliphatic carbocycles. The van der Waals surface area contributed by atoms with E-state index in [1.165, 1.54) is 6.92 Å². The van der Waals surface area contributed by atoms with E-state index in [0.29, 0.717) is 13.2 Å². The maximum absolute atomic E-state index is 10.8. The Morgan fingerprint density at radius 2 is 2.25 bits per heavy atom. The minimum Gasteiger partial charge on any atom is -0.460 e. The maximum Gasteiger partial charge on any atom is 0.302 e. The van der Waals surface area contributed by atoms with Crippen LogP contribution in [0.1, 0.15) is 19.4 Å². The van der Waals surface area contributed by atoms with E-state index in [1.807, 2.05) is 19.2 Å². The number of rotatable bonds is 5. The van der Waals surface area contributed by atoms with Gasteiger partial charge in [0.05, 0.1) is 18.7 Å². The van der Waals surface area contributed by atoms with Gasteiger partial charge in [-0.05, 0) is 40.5 Å². The van der Waals surface area contributed by atoms with Crippen molar-refractivity contribution in [3.63, 3.8) is 0 Å². The van der Waals surface area contributed by atoms with Gasteiger partial charge in [-0.1, -0.05) is 5.21 Å². The second-order valence-corrected chi connectivity index (χ2v) is 5.45. The van der Waals surface area contributed by atoms with Crippen molar-refractivity contribution in [3.05, 3.63) is 22.2 Å². The number of nitrogens with zero attached hydrogens (tertiary/aromatic N) is 3. The Balaban J connectivity index is 2.00. The molecule has 1 heterocycles. The Bertz CT molecular complexity index is 627. The summed E-state index contributed by atoms with van der Waals surface area (Å²) in [4.78, 5) is 10.8. The highest BCUT2D eigenvalue weighted by molar-refractivity contribution is 9.10. The first-order valence-corrected chi connectivity index (χ1v) is 6.99. The lowest BCUT2D eigenvalue weighted by atomic mass is 10.2. The summed E-state index contributed by atoms with van der Waals surface area (Å²) >= 11 is 3.47. The van der Waals surface area contributed by atoms with E-state index in [1.54, 1.807) is 11.6 Å². The fourth-order valence-electron chi connectivity index (χ4n) is 1.89. The molecule has 0 saturated heterocycles. The van der Waals surface area contributed by atoms with Crippen LogP contribution in [0.2, 0.25) is 0 Å². The predicted octanol–water partition coefficient (Wildman–Crippen LogP) is 2.20. The van der Waals surface area contributed by atoms with Gasteiger partial charge in [0.1, 0.15) is 11.6 Å². The van der Waals surface area contributed by atoms with Crippen molar-refractivity contribution in [1.82, 2.24) is 15.0 Å². The molecule has 0 N–H and O–H groups in total. The predicted molar refractivity (Wildman–Crippen MR) is 77.1 cm³/mol. The van der Waals surface area contributed by atoms with Gasteiger partial charge in [-0.15, -0.1) is 5.10 Å². The Morgan fingerprint density at radius 3 is 2.95 bits per heavy atom. The minimum atomic E-state index is -0.300. The number of hydrogen-bond acceptors (Lipinski definition) is 5. The van der Waals surface area contributed by atoms with Gasteiger partial charge in [-0.3, -0.25) is 4.79 Å². The van der Waals surface area contributed by atoms with Crippen LogP contribution in [0.15, 0.2) is 16.6 Å². The van der Waals surface area contributed by atoms with Crippen LogP contribution in [-0.2, 0) is 27.9 Å². The monoisotopic (exact) mass is 341 g/mol. The molecule has 0 saturated carbocycles. The number of aryl methyl sites for hydroxylation is 1. The highest BCUT2D eigenvalue weighted by Gasteiger charge is 2.09. The molecule has 1 aromatic heterocycles. The van der Waals surface area contributed by atoms with E-state index in [9.17, 15) is 4.79 Å². The zero-order chi connectivity index (χ0) is 14.7. The fraction of sp³-hybridized carbons (Fsp3) is 0.462. The summed E-state index contributed by atoms with van der Waals surface area (Å²) in [6, 6.07) is 3.93. The van der Waals surface area contributed by atoms with Crippen molar-refractivity contribution in [1.29, 1.82) is 0 Å². The van der Waals surface area contributed by atoms with Gasteiger partial charge in [-0.2, -0.15) is 0 Å². The second kappa shape index (κ2) is 6.32. The van der Waals surface area contributed by atoms with Crippen molar-refractivity contribution >= 4 is 32.9 Å². The molecule has 1 aromatic carbocycles. The van der Waals surface area contributed by atoms with Crippen LogP contribution in [0.5, 0.6) is 0 Å². The van der Waals surface area contributed by atoms with E-state index in [-0.39, 0.29) is 12.1 Å². The van der Waals surface area contributed by atoms with E-state index < -0.39 is 0 Å². The Labute approximate surface area is 125 Å². The molecular weight excluding hydrogens is 326 g/mol. The number of hydrogen-bond donors (Lipinski definition) is 0. The maximum atomic E-state index is 10.8. The van der Waals surface area contributed by atoms with Crippen LogP contribution < -0.4 is 0 Å². The molecule has 0 bridgehead atoms. The molecule has 0 aliphatic heterocycles. The van der Waals surface area contributed by atoms with Crippen LogP contribution in [0, 0.1) is 0 Å². The Hall–Kier alpha value is -1.47. The second-order valence-electron chi connectivity index (χ2n) is 4.59. The van der Waals surface area contributed by atoms with Gasteiger partial charge >= 0.3 is 5.97 Å². The summed E-state index contributed by atoms with van der Waals surface area (Å²) in [5.41, 5.74) is 2.76. The van der Waals surface area contributed by atoms with Crippen LogP contribution in [0.25, 0.3) is 11.0 Å². The number of carbonyl (C=O) groups excluding carboxylic acids is 1. The summed E-state index contributed by atoms with van der Waals surface area (Å²) in [6.07, 6.45) is -0.252. The van der Waals surface area contributed by atoms with Gasteiger partial charge in [0.15, 0.2) is 0 Å². The normalized spacial score (nSPS) is 12.6. The Kier molecular flexibility index (Phi) is 4.72. The summed E-state index contributed by atoms with van der Waals surface area (Å²) < 4.78 is 13.1. The van der Waals surface area contributed by atoms with Gasteiger partial charge in [0.2, 0.25) is 0 Å². The topological polar surface area (TPSA) is 66.2 Å². The number of halogens is 1. The van der Waals surface area contributed by atoms with Gasteiger partial charge in [0.25, 0.3) is 0 Å². The lowest BCUT2D eigenvalue weighted by molar-refractivity contribution is -0.148. The van der Waals surface area contributed by atoms with Gasteiger partial charge in [-0.25, -0.2) is 4.68 Å². The highest BCUT2D eigenvalue weighted by atomic mass is 79.9. The number of carbonyl (C=O) groups is 1. The van der Waals surface area contributed by atoms with Crippen LogP contribution in [0.4, 0.5) is 0 Å². The molecule has 1 atom stereocenters. The standard InChI is InChI=1S/C13H16BrN3O3/c1-8(20-9(2)18)6-19-7-10-4-11(14)13-12(5-10)17(3)16-15-13/h4-5,8H,6-7H2,1-3H3/t8-/m1/s1. The first-order valence-electron chi connectivity index (χ1n) is 6.20. The quantitative estimate of drug-likeness (QED) is 0.780. The number of esters is 1. The summed E-state index contributed by atoms with van der Waals surface area (Å²) in [5.74, 6) is -0.300. The summed E-state index contributed by atoms with van der Waals surface area (Å²) in [7, 11) is 1.84. The average Bonchev–Trinajstić information content (AvgIpc) is 2.71. The van der Waals surface area contributed by atoms with Gasteiger partial charge in [0, 0.05) is 18.4 Å². The molecule has 0 amide bonds. The third kappa shape index (κ3) is 3.55. The molecular formula is C13H16BrN3O3. The molecule has 0 fully saturated rings. The molecule has 6 nitrogen and oxygen atoms in total. The van der Waals surface area contributed by atoms with Crippen molar-refractivity contribution in [2.24, 2.45) is 7.05 Å². The van der Waals surface area contributed by atoms with Crippen molar-refractivity contribution in [2.75, 3.05) is 6.61 Å². The molecule has 20 heavy (non-hydrogen) atoms. The van der Waals surface area contributed by atoms with Crippen LogP contribution in [0.3, 0.4) is 0 Å². The number of aromatic nitrogens is 3. The highest BCUT2D eigenvalue weighted by Crippen LogP contribution is 2.23. The molecule has 0 spiro atoms. The van der Waals surface area contributed by atoms with Crippen LogP contribution >= 0.6 is 15.9 Å². The molecule has 2 aromatic rings. The van der Waals surface area contributed by atoms with E-state index in [0.717, 1.165) is 21.1 Å². The third-order valence-corrected chi connectivity index (χ3v) is 3.32. The van der Waals surface area contributed by atoms with E-state index >= 15 is 0 Å². The number of benzene rings is 1. The smallest absolute Gasteiger partial charge is 0.302 e. The van der Waals surface area contributed by atoms with Crippen molar-refractivity contribution in [3.8, 4) is 0 Å². The zero-order valence-corrected chi connectivity index (χ0v) is 13.2. The lowest BCUT2D eigenvalue weighted by Crippen LogP contribution is -2.18. The summed E-state index contributed by atoms with van der Waals surface area (Å²) in [6.45, 7) is 3.98. The van der Waals surface area contributed by atoms with Crippen LogP contribution in [-0.4, -0.2) is 33.7 Å². The largest absolute Gasteiger partial charge is 0.460 e. The molecule has 7 heteroatoms. The molecule has 108 valence electrons. The summed E-state index contributed by atoms with van der Waals surface area (Å²) in [5, 5.41) is 8.05. The number of fused-ring (bicyclic) bond motifs is 1. The first-order chi connectivity index (χ1) is 9.47. The fourth-order valence-corrected chi connectivity index (χ4v) is 2.46. The minimum absolute atomic E-state index is 0.252. The third-order valence-electron chi connectivity index (χ3n) is 2.72. The molecule has 0 aliphatic rings. The SMILES string of the molecule is CC(=O)O[C@H](C)COCc1cc(Br)c2nnn(C)c2c1. The molecule has 0 unspecified atom stereocenters. The zero-order valence-electron chi connectivity index (χ0n) is 11.6. The number of ether oxygens (including phenoxy) is 2. The van der Waals surface area contributed by atoms with Crippen molar-refractivity contribution < 1.29 is 14.3 Å². The van der Waals surface area contributed by atoms with Gasteiger partial charge < -0.3 is 9.47 Å². The lowest BCUT2D eigenvalue weighted by Gasteiger charge is -2.12. The van der Waals surface area contributed by atoms with E-state index in [4.69, 9.17) is 9.47 Å².